The van der Waals surface area contributed by atoms with Crippen LogP contribution in [0.4, 0.5) is 0 Å². The molecule has 3 aromatic rings. The summed E-state index contributed by atoms with van der Waals surface area (Å²) in [5, 5.41) is 5.06. The third kappa shape index (κ3) is 5.12. The van der Waals surface area contributed by atoms with Crippen molar-refractivity contribution in [3.63, 3.8) is 0 Å². The first-order valence-electron chi connectivity index (χ1n) is 8.53. The number of halogens is 3. The normalized spacial score (nSPS) is 11.1. The molecule has 0 fully saturated rings. The molecular formula is C21H17Cl3N2O3. The lowest BCUT2D eigenvalue weighted by Crippen LogP contribution is -2.04. The molecule has 2 aromatic carbocycles. The van der Waals surface area contributed by atoms with Crippen molar-refractivity contribution in [2.24, 2.45) is 7.05 Å². The molecule has 0 saturated carbocycles. The van der Waals surface area contributed by atoms with Gasteiger partial charge in [-0.3, -0.25) is 9.48 Å². The molecule has 0 unspecified atom stereocenters. The number of carbonyl (C=O) groups excluding carboxylic acids is 1. The molecule has 0 aliphatic rings. The van der Waals surface area contributed by atoms with Gasteiger partial charge in [-0.25, -0.2) is 0 Å². The molecule has 1 aromatic heterocycles. The Bertz CT molecular complexity index is 1050. The van der Waals surface area contributed by atoms with Gasteiger partial charge in [-0.1, -0.05) is 46.9 Å². The number of ketones is 1. The maximum atomic E-state index is 12.3. The predicted molar refractivity (Wildman–Crippen MR) is 115 cm³/mol. The molecule has 0 atom stereocenters. The molecule has 0 spiro atoms. The van der Waals surface area contributed by atoms with Gasteiger partial charge >= 0.3 is 0 Å². The molecule has 0 saturated heterocycles. The van der Waals surface area contributed by atoms with Crippen LogP contribution < -0.4 is 9.47 Å². The van der Waals surface area contributed by atoms with E-state index < -0.39 is 0 Å². The summed E-state index contributed by atoms with van der Waals surface area (Å²) < 4.78 is 12.7. The van der Waals surface area contributed by atoms with E-state index in [4.69, 9.17) is 44.3 Å². The number of aromatic nitrogens is 2. The maximum Gasteiger partial charge on any atom is 0.203 e. The molecule has 0 amide bonds. The number of hydrogen-bond acceptors (Lipinski definition) is 4. The molecule has 0 bridgehead atoms. The summed E-state index contributed by atoms with van der Waals surface area (Å²) >= 11 is 18.3. The number of ether oxygens (including phenoxy) is 2. The number of nitrogens with zero attached hydrogens (tertiary/aromatic N) is 2. The van der Waals surface area contributed by atoms with Gasteiger partial charge in [0.1, 0.15) is 18.1 Å². The van der Waals surface area contributed by atoms with Gasteiger partial charge in [0.15, 0.2) is 5.75 Å². The average Bonchev–Trinajstić information content (AvgIpc) is 3.11. The van der Waals surface area contributed by atoms with E-state index in [9.17, 15) is 4.79 Å². The number of rotatable bonds is 7. The minimum absolute atomic E-state index is 0.140. The minimum Gasteiger partial charge on any atom is -0.496 e. The fraction of sp³-hybridized carbons (Fsp3) is 0.143. The number of methoxy groups -OCH3 is 1. The Balaban J connectivity index is 1.80. The maximum absolute atomic E-state index is 12.3. The minimum atomic E-state index is -0.140. The summed E-state index contributed by atoms with van der Waals surface area (Å²) in [5.41, 5.74) is 2.09. The number of carbonyl (C=O) groups is 1. The first-order valence-corrected chi connectivity index (χ1v) is 9.67. The van der Waals surface area contributed by atoms with E-state index in [-0.39, 0.29) is 12.4 Å². The molecule has 1 heterocycles. The Hall–Kier alpha value is -2.47. The lowest BCUT2D eigenvalue weighted by atomic mass is 10.1. The molecule has 150 valence electrons. The highest BCUT2D eigenvalue weighted by Gasteiger charge is 2.12. The predicted octanol–water partition coefficient (Wildman–Crippen LogP) is 5.86. The number of allylic oxidation sites excluding steroid dienone is 1. The lowest BCUT2D eigenvalue weighted by molar-refractivity contribution is 0.103. The van der Waals surface area contributed by atoms with Crippen LogP contribution in [-0.4, -0.2) is 22.7 Å². The highest BCUT2D eigenvalue weighted by molar-refractivity contribution is 6.40. The number of aryl methyl sites for hydroxylation is 1. The van der Waals surface area contributed by atoms with Crippen LogP contribution >= 0.6 is 34.8 Å². The van der Waals surface area contributed by atoms with E-state index in [1.165, 1.54) is 10.8 Å². The van der Waals surface area contributed by atoms with Gasteiger partial charge in [0, 0.05) is 23.8 Å². The van der Waals surface area contributed by atoms with Crippen LogP contribution in [0.2, 0.25) is 15.1 Å². The Kier molecular flexibility index (Phi) is 6.85. The van der Waals surface area contributed by atoms with Crippen molar-refractivity contribution in [1.82, 2.24) is 9.78 Å². The topological polar surface area (TPSA) is 53.3 Å². The van der Waals surface area contributed by atoms with Crippen LogP contribution in [0.5, 0.6) is 11.5 Å². The molecule has 3 rings (SSSR count). The second-order valence-electron chi connectivity index (χ2n) is 6.10. The zero-order chi connectivity index (χ0) is 21.0. The van der Waals surface area contributed by atoms with Gasteiger partial charge < -0.3 is 9.47 Å². The first kappa shape index (κ1) is 21.2. The van der Waals surface area contributed by atoms with Crippen LogP contribution in [0.3, 0.4) is 0 Å². The summed E-state index contributed by atoms with van der Waals surface area (Å²) in [6.07, 6.45) is 4.80. The smallest absolute Gasteiger partial charge is 0.203 e. The molecule has 0 aliphatic heterocycles. The van der Waals surface area contributed by atoms with E-state index >= 15 is 0 Å². The van der Waals surface area contributed by atoms with Crippen molar-refractivity contribution in [1.29, 1.82) is 0 Å². The van der Waals surface area contributed by atoms with Gasteiger partial charge in [-0.05, 0) is 42.0 Å². The van der Waals surface area contributed by atoms with Crippen molar-refractivity contribution >= 4 is 46.7 Å². The molecule has 5 nitrogen and oxygen atoms in total. The average molecular weight is 452 g/mol. The zero-order valence-corrected chi connectivity index (χ0v) is 17.9. The number of hydrogen-bond donors (Lipinski definition) is 0. The summed E-state index contributed by atoms with van der Waals surface area (Å²) in [6.45, 7) is 0.168. The quantitative estimate of drug-likeness (QED) is 0.333. The Morgan fingerprint density at radius 2 is 1.86 bits per heavy atom. The molecule has 8 heteroatoms. The summed E-state index contributed by atoms with van der Waals surface area (Å²) in [5.74, 6) is 0.840. The summed E-state index contributed by atoms with van der Waals surface area (Å²) in [4.78, 5) is 12.3. The van der Waals surface area contributed by atoms with Gasteiger partial charge in [-0.15, -0.1) is 0 Å². The van der Waals surface area contributed by atoms with E-state index in [1.54, 1.807) is 50.7 Å². The van der Waals surface area contributed by atoms with Crippen LogP contribution in [0, 0.1) is 0 Å². The summed E-state index contributed by atoms with van der Waals surface area (Å²) in [6, 6.07) is 10.3. The van der Waals surface area contributed by atoms with Crippen LogP contribution in [0.25, 0.3) is 6.08 Å². The van der Waals surface area contributed by atoms with Gasteiger partial charge in [-0.2, -0.15) is 5.10 Å². The number of benzene rings is 2. The molecule has 0 radical (unpaired) electrons. The van der Waals surface area contributed by atoms with Crippen LogP contribution in [0.15, 0.2) is 48.7 Å². The van der Waals surface area contributed by atoms with Crippen molar-refractivity contribution in [2.75, 3.05) is 7.11 Å². The Labute approximate surface area is 183 Å². The largest absolute Gasteiger partial charge is 0.496 e. The van der Waals surface area contributed by atoms with Gasteiger partial charge in [0.25, 0.3) is 0 Å². The first-order chi connectivity index (χ1) is 13.9. The fourth-order valence-corrected chi connectivity index (χ4v) is 3.63. The van der Waals surface area contributed by atoms with Crippen molar-refractivity contribution in [3.05, 3.63) is 80.6 Å². The van der Waals surface area contributed by atoms with Crippen molar-refractivity contribution in [2.45, 2.75) is 6.61 Å². The highest BCUT2D eigenvalue weighted by Crippen LogP contribution is 2.36. The SMILES string of the molecule is COc1ccc(/C=C/C(=O)c2ccnn2C)cc1COc1c(Cl)cc(Cl)cc1Cl. The zero-order valence-electron chi connectivity index (χ0n) is 15.7. The monoisotopic (exact) mass is 450 g/mol. The van der Waals surface area contributed by atoms with Crippen LogP contribution in [0.1, 0.15) is 21.6 Å². The molecular weight excluding hydrogens is 435 g/mol. The van der Waals surface area contributed by atoms with Crippen molar-refractivity contribution in [3.8, 4) is 11.5 Å². The Morgan fingerprint density at radius 1 is 1.14 bits per heavy atom. The van der Waals surface area contributed by atoms with Crippen molar-refractivity contribution < 1.29 is 14.3 Å². The fourth-order valence-electron chi connectivity index (χ4n) is 2.70. The van der Waals surface area contributed by atoms with E-state index in [0.717, 1.165) is 11.1 Å². The highest BCUT2D eigenvalue weighted by atomic mass is 35.5. The van der Waals surface area contributed by atoms with Crippen LogP contribution in [-0.2, 0) is 13.7 Å². The third-order valence-electron chi connectivity index (χ3n) is 4.14. The van der Waals surface area contributed by atoms with Gasteiger partial charge in [0.2, 0.25) is 5.78 Å². The second kappa shape index (κ2) is 9.35. The van der Waals surface area contributed by atoms with E-state index in [2.05, 4.69) is 5.10 Å². The molecule has 29 heavy (non-hydrogen) atoms. The Morgan fingerprint density at radius 3 is 2.48 bits per heavy atom. The van der Waals surface area contributed by atoms with Gasteiger partial charge in [0.05, 0.1) is 17.2 Å². The second-order valence-corrected chi connectivity index (χ2v) is 7.35. The molecule has 0 aliphatic carbocycles. The summed E-state index contributed by atoms with van der Waals surface area (Å²) in [7, 11) is 3.29. The standard InChI is InChI=1S/C21H17Cl3N2O3/c1-26-18(7-8-25-26)19(27)5-3-13-4-6-20(28-2)14(9-13)12-29-21-16(23)10-15(22)11-17(21)24/h3-11H,12H2,1-2H3/b5-3+. The lowest BCUT2D eigenvalue weighted by Gasteiger charge is -2.13. The molecule has 0 N–H and O–H groups in total. The van der Waals surface area contributed by atoms with E-state index in [1.807, 2.05) is 12.1 Å². The van der Waals surface area contributed by atoms with E-state index in [0.29, 0.717) is 32.3 Å². The third-order valence-corrected chi connectivity index (χ3v) is 4.92.